The second-order valence-corrected chi connectivity index (χ2v) is 7.93. The molecule has 1 heterocycles. The number of fused-ring (bicyclic) bond motifs is 1. The third kappa shape index (κ3) is 2.65. The number of rotatable bonds is 2. The zero-order valence-corrected chi connectivity index (χ0v) is 14.9. The van der Waals surface area contributed by atoms with Gasteiger partial charge in [-0.2, -0.15) is 0 Å². The molecular formula is C17H17ClN2O3S. The van der Waals surface area contributed by atoms with E-state index in [2.05, 4.69) is 0 Å². The van der Waals surface area contributed by atoms with Crippen molar-refractivity contribution in [1.29, 1.82) is 0 Å². The highest BCUT2D eigenvalue weighted by atomic mass is 35.5. The summed E-state index contributed by atoms with van der Waals surface area (Å²) < 4.78 is 27.6. The Kier molecular flexibility index (Phi) is 4.27. The minimum Gasteiger partial charge on any atom is -0.306 e. The number of anilines is 2. The van der Waals surface area contributed by atoms with Crippen LogP contribution in [0.5, 0.6) is 0 Å². The summed E-state index contributed by atoms with van der Waals surface area (Å²) in [6.45, 7) is 3.47. The third-order valence-corrected chi connectivity index (χ3v) is 6.30. The summed E-state index contributed by atoms with van der Waals surface area (Å²) in [4.78, 5) is 13.7. The molecule has 1 aliphatic rings. The maximum absolute atomic E-state index is 13.1. The van der Waals surface area contributed by atoms with Crippen molar-refractivity contribution in [3.8, 4) is 0 Å². The van der Waals surface area contributed by atoms with Gasteiger partial charge in [0.1, 0.15) is 4.90 Å². The van der Waals surface area contributed by atoms with Crippen molar-refractivity contribution < 1.29 is 13.2 Å². The first kappa shape index (κ1) is 16.8. The van der Waals surface area contributed by atoms with Crippen LogP contribution < -0.4 is 9.21 Å². The molecule has 0 radical (unpaired) electrons. The topological polar surface area (TPSA) is 57.7 Å². The molecular weight excluding hydrogens is 348 g/mol. The monoisotopic (exact) mass is 364 g/mol. The Bertz CT molecular complexity index is 898. The zero-order chi connectivity index (χ0) is 17.5. The molecule has 0 spiro atoms. The second kappa shape index (κ2) is 6.11. The highest BCUT2D eigenvalue weighted by Crippen LogP contribution is 2.39. The lowest BCUT2D eigenvalue weighted by molar-refractivity contribution is -0.117. The summed E-state index contributed by atoms with van der Waals surface area (Å²) in [6.07, 6.45) is 0. The van der Waals surface area contributed by atoms with Crippen LogP contribution in [0.15, 0.2) is 53.4 Å². The maximum Gasteiger partial charge on any atom is 0.265 e. The summed E-state index contributed by atoms with van der Waals surface area (Å²) >= 11 is 6.10. The van der Waals surface area contributed by atoms with Gasteiger partial charge in [-0.15, -0.1) is 0 Å². The van der Waals surface area contributed by atoms with Gasteiger partial charge in [0.2, 0.25) is 5.91 Å². The Morgan fingerprint density at radius 3 is 2.29 bits per heavy atom. The first-order valence-electron chi connectivity index (χ1n) is 7.50. The van der Waals surface area contributed by atoms with Crippen LogP contribution in [0.2, 0.25) is 5.02 Å². The summed E-state index contributed by atoms with van der Waals surface area (Å²) in [5.41, 5.74) is 1.06. The quantitative estimate of drug-likeness (QED) is 0.821. The van der Waals surface area contributed by atoms with Crippen LogP contribution in [0.3, 0.4) is 0 Å². The highest BCUT2D eigenvalue weighted by molar-refractivity contribution is 7.93. The predicted octanol–water partition coefficient (Wildman–Crippen LogP) is 3.29. The third-order valence-electron chi connectivity index (χ3n) is 4.02. The fraction of sp³-hybridized carbons (Fsp3) is 0.235. The van der Waals surface area contributed by atoms with E-state index in [0.29, 0.717) is 11.4 Å². The molecule has 1 amide bonds. The van der Waals surface area contributed by atoms with Crippen LogP contribution >= 0.6 is 11.6 Å². The van der Waals surface area contributed by atoms with Crippen molar-refractivity contribution in [3.63, 3.8) is 0 Å². The van der Waals surface area contributed by atoms with Gasteiger partial charge in [-0.25, -0.2) is 8.42 Å². The molecule has 0 aromatic heterocycles. The smallest absolute Gasteiger partial charge is 0.265 e. The second-order valence-electron chi connectivity index (χ2n) is 5.69. The molecule has 0 saturated carbocycles. The van der Waals surface area contributed by atoms with Crippen LogP contribution in [-0.2, 0) is 14.8 Å². The molecule has 126 valence electrons. The van der Waals surface area contributed by atoms with Gasteiger partial charge in [0.25, 0.3) is 10.0 Å². The Morgan fingerprint density at radius 2 is 1.67 bits per heavy atom. The number of halogens is 1. The lowest BCUT2D eigenvalue weighted by atomic mass is 10.1. The van der Waals surface area contributed by atoms with Crippen LogP contribution in [0.1, 0.15) is 13.8 Å². The van der Waals surface area contributed by atoms with Crippen LogP contribution in [-0.4, -0.2) is 26.9 Å². The number of hydrogen-bond donors (Lipinski definition) is 0. The van der Waals surface area contributed by atoms with Crippen molar-refractivity contribution >= 4 is 38.9 Å². The first-order chi connectivity index (χ1) is 11.3. The van der Waals surface area contributed by atoms with E-state index in [4.69, 9.17) is 11.6 Å². The normalized spacial score (nSPS) is 17.5. The first-order valence-corrected chi connectivity index (χ1v) is 9.32. The molecule has 3 rings (SSSR count). The van der Waals surface area contributed by atoms with Gasteiger partial charge < -0.3 is 4.90 Å². The summed E-state index contributed by atoms with van der Waals surface area (Å²) in [5, 5.41) is 0.177. The molecule has 2 aromatic rings. The molecule has 5 nitrogen and oxygen atoms in total. The van der Waals surface area contributed by atoms with Gasteiger partial charge in [0, 0.05) is 6.92 Å². The molecule has 2 aromatic carbocycles. The minimum absolute atomic E-state index is 0.0601. The van der Waals surface area contributed by atoms with Gasteiger partial charge in [-0.05, 0) is 31.2 Å². The fourth-order valence-corrected chi connectivity index (χ4v) is 5.07. The average molecular weight is 365 g/mol. The van der Waals surface area contributed by atoms with Crippen molar-refractivity contribution in [1.82, 2.24) is 0 Å². The molecule has 1 atom stereocenters. The van der Waals surface area contributed by atoms with Crippen molar-refractivity contribution in [2.75, 3.05) is 15.7 Å². The standard InChI is InChI=1S/C17H17ClN2O3S/c1-12-11-19(24(22,23)17-10-6-3-7-14(17)18)15-8-4-5-9-16(15)20(12)13(2)21/h3-10,12H,11H2,1-2H3. The van der Waals surface area contributed by atoms with Gasteiger partial charge in [-0.3, -0.25) is 9.10 Å². The molecule has 0 fully saturated rings. The van der Waals surface area contributed by atoms with Gasteiger partial charge in [0.05, 0.1) is 29.0 Å². The maximum atomic E-state index is 13.1. The van der Waals surface area contributed by atoms with E-state index in [0.717, 1.165) is 0 Å². The molecule has 24 heavy (non-hydrogen) atoms. The number of amides is 1. The number of carbonyl (C=O) groups excluding carboxylic acids is 1. The summed E-state index contributed by atoms with van der Waals surface area (Å²) in [7, 11) is -3.82. The zero-order valence-electron chi connectivity index (χ0n) is 13.3. The van der Waals surface area contributed by atoms with Gasteiger partial charge in [0.15, 0.2) is 0 Å². The Hall–Kier alpha value is -2.05. The Balaban J connectivity index is 2.17. The molecule has 0 saturated heterocycles. The average Bonchev–Trinajstić information content (AvgIpc) is 2.53. The molecule has 1 unspecified atom stereocenters. The molecule has 1 aliphatic heterocycles. The lowest BCUT2D eigenvalue weighted by Gasteiger charge is -2.41. The molecule has 0 N–H and O–H groups in total. The van der Waals surface area contributed by atoms with E-state index in [-0.39, 0.29) is 28.4 Å². The number of benzene rings is 2. The van der Waals surface area contributed by atoms with Crippen LogP contribution in [0, 0.1) is 0 Å². The van der Waals surface area contributed by atoms with E-state index in [9.17, 15) is 13.2 Å². The van der Waals surface area contributed by atoms with Crippen LogP contribution in [0.25, 0.3) is 0 Å². The van der Waals surface area contributed by atoms with E-state index in [1.165, 1.54) is 17.3 Å². The number of carbonyl (C=O) groups is 1. The van der Waals surface area contributed by atoms with Gasteiger partial charge >= 0.3 is 0 Å². The van der Waals surface area contributed by atoms with Crippen LogP contribution in [0.4, 0.5) is 11.4 Å². The SMILES string of the molecule is CC(=O)N1c2ccccc2N(S(=O)(=O)c2ccccc2Cl)CC1C. The fourth-order valence-electron chi connectivity index (χ4n) is 3.02. The number of hydrogen-bond acceptors (Lipinski definition) is 3. The van der Waals surface area contributed by atoms with E-state index >= 15 is 0 Å². The Labute approximate surface area is 146 Å². The van der Waals surface area contributed by atoms with E-state index in [1.54, 1.807) is 47.4 Å². The largest absolute Gasteiger partial charge is 0.306 e. The molecule has 0 bridgehead atoms. The summed E-state index contributed by atoms with van der Waals surface area (Å²) in [6, 6.07) is 13.1. The van der Waals surface area contributed by atoms with Crippen molar-refractivity contribution in [3.05, 3.63) is 53.6 Å². The van der Waals surface area contributed by atoms with E-state index < -0.39 is 10.0 Å². The Morgan fingerprint density at radius 1 is 1.08 bits per heavy atom. The molecule has 7 heteroatoms. The number of para-hydroxylation sites is 2. The molecule has 0 aliphatic carbocycles. The van der Waals surface area contributed by atoms with E-state index in [1.807, 2.05) is 6.92 Å². The lowest BCUT2D eigenvalue weighted by Crippen LogP contribution is -2.51. The van der Waals surface area contributed by atoms with Gasteiger partial charge in [-0.1, -0.05) is 35.9 Å². The minimum atomic E-state index is -3.82. The summed E-state index contributed by atoms with van der Waals surface area (Å²) in [5.74, 6) is -0.121. The number of sulfonamides is 1. The predicted molar refractivity (Wildman–Crippen MR) is 95.0 cm³/mol. The number of nitrogens with zero attached hydrogens (tertiary/aromatic N) is 2. The van der Waals surface area contributed by atoms with Crippen molar-refractivity contribution in [2.24, 2.45) is 0 Å². The van der Waals surface area contributed by atoms with Crippen molar-refractivity contribution in [2.45, 2.75) is 24.8 Å². The highest BCUT2D eigenvalue weighted by Gasteiger charge is 2.37.